The van der Waals surface area contributed by atoms with Crippen molar-refractivity contribution in [2.75, 3.05) is 0 Å². The summed E-state index contributed by atoms with van der Waals surface area (Å²) in [5.41, 5.74) is 0. The molecule has 0 spiro atoms. The Hall–Kier alpha value is 0.0638. The zero-order chi connectivity index (χ0) is 7.33. The smallest absolute Gasteiger partial charge is 0.173 e. The van der Waals surface area contributed by atoms with E-state index in [1.807, 2.05) is 0 Å². The summed E-state index contributed by atoms with van der Waals surface area (Å²) in [7, 11) is -0.558. The van der Waals surface area contributed by atoms with Crippen molar-refractivity contribution in [1.82, 2.24) is 0 Å². The molecule has 0 unspecified atom stereocenters. The van der Waals surface area contributed by atoms with Gasteiger partial charge in [-0.1, -0.05) is 0 Å². The average Bonchev–Trinajstić information content (AvgIpc) is 1.84. The van der Waals surface area contributed by atoms with Gasteiger partial charge in [0.05, 0.1) is 0 Å². The lowest BCUT2D eigenvalue weighted by Crippen LogP contribution is -2.28. The SMILES string of the molecule is C[Si](C)(CCC=O)O[SiH3]. The second kappa shape index (κ2) is 3.97. The largest absolute Gasteiger partial charge is 0.463 e. The molecule has 0 aromatic rings. The molecule has 0 saturated heterocycles. The minimum Gasteiger partial charge on any atom is -0.463 e. The molecule has 0 aromatic carbocycles. The summed E-state index contributed by atoms with van der Waals surface area (Å²) in [5, 5.41) is 0. The molecule has 0 aromatic heterocycles. The summed E-state index contributed by atoms with van der Waals surface area (Å²) in [4.78, 5) is 9.95. The van der Waals surface area contributed by atoms with Crippen molar-refractivity contribution in [2.45, 2.75) is 25.6 Å². The van der Waals surface area contributed by atoms with Gasteiger partial charge < -0.3 is 8.91 Å². The van der Waals surface area contributed by atoms with Crippen molar-refractivity contribution >= 4 is 25.1 Å². The molecule has 0 atom stereocenters. The maximum atomic E-state index is 9.95. The first-order chi connectivity index (χ1) is 4.12. The summed E-state index contributed by atoms with van der Waals surface area (Å²) >= 11 is 0. The molecule has 9 heavy (non-hydrogen) atoms. The van der Waals surface area contributed by atoms with Gasteiger partial charge in [0.2, 0.25) is 0 Å². The molecule has 0 saturated carbocycles. The lowest BCUT2D eigenvalue weighted by Gasteiger charge is -2.18. The Balaban J connectivity index is 3.44. The van der Waals surface area contributed by atoms with Crippen LogP contribution in [0.15, 0.2) is 0 Å². The van der Waals surface area contributed by atoms with Gasteiger partial charge in [0, 0.05) is 6.42 Å². The monoisotopic (exact) mass is 162 g/mol. The number of carbonyl (C=O) groups excluding carboxylic acids is 1. The lowest BCUT2D eigenvalue weighted by molar-refractivity contribution is -0.107. The molecule has 0 rings (SSSR count). The van der Waals surface area contributed by atoms with E-state index < -0.39 is 8.32 Å². The first-order valence-electron chi connectivity index (χ1n) is 3.11. The van der Waals surface area contributed by atoms with Crippen LogP contribution in [0.5, 0.6) is 0 Å². The van der Waals surface area contributed by atoms with Crippen molar-refractivity contribution in [1.29, 1.82) is 0 Å². The molecule has 0 radical (unpaired) electrons. The number of hydrogen-bond acceptors (Lipinski definition) is 2. The van der Waals surface area contributed by atoms with E-state index in [0.717, 1.165) is 22.8 Å². The summed E-state index contributed by atoms with van der Waals surface area (Å²) in [6, 6.07) is 0.972. The van der Waals surface area contributed by atoms with Crippen LogP contribution in [0.4, 0.5) is 0 Å². The van der Waals surface area contributed by atoms with E-state index in [-0.39, 0.29) is 0 Å². The molecule has 0 bridgehead atoms. The molecule has 0 heterocycles. The molecule has 54 valence electrons. The van der Waals surface area contributed by atoms with E-state index in [9.17, 15) is 4.79 Å². The van der Waals surface area contributed by atoms with Crippen molar-refractivity contribution in [2.24, 2.45) is 0 Å². The van der Waals surface area contributed by atoms with E-state index in [1.54, 1.807) is 0 Å². The third-order valence-corrected chi connectivity index (χ3v) is 7.33. The normalized spacial score (nSPS) is 11.8. The highest BCUT2D eigenvalue weighted by atomic mass is 28.4. The predicted molar refractivity (Wildman–Crippen MR) is 44.0 cm³/mol. The first kappa shape index (κ1) is 9.06. The predicted octanol–water partition coefficient (Wildman–Crippen LogP) is 0.0775. The standard InChI is InChI=1S/C5H14O2Si2/c1-9(2,7-8)5-3-4-6/h4H,3,5H2,1-2,8H3. The van der Waals surface area contributed by atoms with E-state index in [2.05, 4.69) is 13.1 Å². The van der Waals surface area contributed by atoms with Gasteiger partial charge in [0.1, 0.15) is 16.8 Å². The Morgan fingerprint density at radius 1 is 1.67 bits per heavy atom. The molecule has 0 fully saturated rings. The Labute approximate surface area is 60.3 Å². The molecule has 0 N–H and O–H groups in total. The minimum atomic E-state index is -1.37. The fraction of sp³-hybridized carbons (Fsp3) is 0.800. The summed E-state index contributed by atoms with van der Waals surface area (Å²) in [6.07, 6.45) is 1.64. The van der Waals surface area contributed by atoms with Crippen molar-refractivity contribution in [3.05, 3.63) is 0 Å². The molecular formula is C5H14O2Si2. The van der Waals surface area contributed by atoms with Gasteiger partial charge in [-0.05, 0) is 19.1 Å². The van der Waals surface area contributed by atoms with Gasteiger partial charge in [-0.25, -0.2) is 0 Å². The van der Waals surface area contributed by atoms with Crippen LogP contribution in [0.1, 0.15) is 6.42 Å². The Bertz CT molecular complexity index is 93.0. The number of aldehydes is 1. The van der Waals surface area contributed by atoms with Crippen LogP contribution in [-0.2, 0) is 8.91 Å². The van der Waals surface area contributed by atoms with Crippen LogP contribution < -0.4 is 0 Å². The maximum Gasteiger partial charge on any atom is 0.173 e. The van der Waals surface area contributed by atoms with Gasteiger partial charge in [-0.15, -0.1) is 0 Å². The number of carbonyl (C=O) groups is 1. The van der Waals surface area contributed by atoms with Gasteiger partial charge in [-0.2, -0.15) is 0 Å². The first-order valence-corrected chi connectivity index (χ1v) is 7.04. The van der Waals surface area contributed by atoms with Gasteiger partial charge in [0.15, 0.2) is 8.32 Å². The molecular weight excluding hydrogens is 148 g/mol. The zero-order valence-electron chi connectivity index (χ0n) is 6.31. The lowest BCUT2D eigenvalue weighted by atomic mass is 10.6. The molecule has 0 amide bonds. The topological polar surface area (TPSA) is 26.3 Å². The summed E-state index contributed by atoms with van der Waals surface area (Å²) in [6.45, 7) is 4.28. The Morgan fingerprint density at radius 2 is 2.22 bits per heavy atom. The number of hydrogen-bond donors (Lipinski definition) is 0. The highest BCUT2D eigenvalue weighted by Gasteiger charge is 2.17. The molecule has 0 aliphatic heterocycles. The third kappa shape index (κ3) is 4.56. The van der Waals surface area contributed by atoms with Crippen LogP contribution in [0.2, 0.25) is 19.1 Å². The Morgan fingerprint density at radius 3 is 2.56 bits per heavy atom. The average molecular weight is 162 g/mol. The highest BCUT2D eigenvalue weighted by Crippen LogP contribution is 2.09. The maximum absolute atomic E-state index is 9.95. The van der Waals surface area contributed by atoms with E-state index >= 15 is 0 Å². The molecule has 0 aliphatic carbocycles. The fourth-order valence-electron chi connectivity index (χ4n) is 0.509. The third-order valence-electron chi connectivity index (χ3n) is 1.42. The van der Waals surface area contributed by atoms with Gasteiger partial charge in [-0.3, -0.25) is 0 Å². The second-order valence-corrected chi connectivity index (χ2v) is 8.32. The zero-order valence-corrected chi connectivity index (χ0v) is 9.31. The van der Waals surface area contributed by atoms with Gasteiger partial charge >= 0.3 is 0 Å². The quantitative estimate of drug-likeness (QED) is 0.432. The van der Waals surface area contributed by atoms with Crippen molar-refractivity contribution in [3.63, 3.8) is 0 Å². The van der Waals surface area contributed by atoms with Crippen LogP contribution >= 0.6 is 0 Å². The number of rotatable bonds is 4. The van der Waals surface area contributed by atoms with Crippen LogP contribution in [0.3, 0.4) is 0 Å². The summed E-state index contributed by atoms with van der Waals surface area (Å²) in [5.74, 6) is 0. The summed E-state index contributed by atoms with van der Waals surface area (Å²) < 4.78 is 5.36. The molecule has 0 aliphatic rings. The van der Waals surface area contributed by atoms with Crippen molar-refractivity contribution < 1.29 is 8.91 Å². The van der Waals surface area contributed by atoms with Crippen LogP contribution in [0.25, 0.3) is 0 Å². The van der Waals surface area contributed by atoms with Gasteiger partial charge in [0.25, 0.3) is 0 Å². The van der Waals surface area contributed by atoms with Crippen LogP contribution in [0, 0.1) is 0 Å². The second-order valence-electron chi connectivity index (χ2n) is 2.67. The van der Waals surface area contributed by atoms with E-state index in [0.29, 0.717) is 6.42 Å². The van der Waals surface area contributed by atoms with Crippen LogP contribution in [-0.4, -0.2) is 25.1 Å². The van der Waals surface area contributed by atoms with E-state index in [4.69, 9.17) is 4.12 Å². The molecule has 2 nitrogen and oxygen atoms in total. The van der Waals surface area contributed by atoms with Crippen molar-refractivity contribution in [3.8, 4) is 0 Å². The minimum absolute atomic E-state index is 0.668. The Kier molecular flexibility index (Phi) is 4.00. The van der Waals surface area contributed by atoms with E-state index in [1.165, 1.54) is 0 Å². The molecule has 4 heteroatoms. The highest BCUT2D eigenvalue weighted by molar-refractivity contribution is 6.73. The fourth-order valence-corrected chi connectivity index (χ4v) is 2.14.